The second kappa shape index (κ2) is 11.4. The Morgan fingerprint density at radius 3 is 2.61 bits per heavy atom. The maximum absolute atomic E-state index is 14.6. The van der Waals surface area contributed by atoms with Crippen LogP contribution in [0.4, 0.5) is 0 Å². The molecule has 202 valence electrons. The van der Waals surface area contributed by atoms with Crippen LogP contribution in [0.25, 0.3) is 0 Å². The molecule has 0 radical (unpaired) electrons. The van der Waals surface area contributed by atoms with Crippen molar-refractivity contribution >= 4 is 45.5 Å². The first-order chi connectivity index (χ1) is 17.2. The van der Waals surface area contributed by atoms with E-state index in [9.17, 15) is 19.5 Å². The highest BCUT2D eigenvalue weighted by molar-refractivity contribution is 9.09. The number of thioether (sulfide) groups is 1. The van der Waals surface area contributed by atoms with E-state index in [1.165, 1.54) is 6.42 Å². The zero-order chi connectivity index (χ0) is 26.2. The van der Waals surface area contributed by atoms with Crippen LogP contribution in [0, 0.1) is 17.8 Å². The smallest absolute Gasteiger partial charge is 0.310 e. The van der Waals surface area contributed by atoms with Gasteiger partial charge in [-0.15, -0.1) is 18.3 Å². The van der Waals surface area contributed by atoms with Crippen molar-refractivity contribution in [1.29, 1.82) is 0 Å². The van der Waals surface area contributed by atoms with Crippen LogP contribution in [0.15, 0.2) is 12.7 Å². The minimum absolute atomic E-state index is 0.0106. The van der Waals surface area contributed by atoms with Gasteiger partial charge in [-0.1, -0.05) is 55.1 Å². The Morgan fingerprint density at radius 1 is 1.33 bits per heavy atom. The first kappa shape index (κ1) is 28.0. The van der Waals surface area contributed by atoms with Crippen molar-refractivity contribution in [3.63, 3.8) is 0 Å². The zero-order valence-electron chi connectivity index (χ0n) is 21.7. The third-order valence-electron chi connectivity index (χ3n) is 8.49. The molecule has 36 heavy (non-hydrogen) atoms. The van der Waals surface area contributed by atoms with Crippen LogP contribution in [0.1, 0.15) is 65.7 Å². The summed E-state index contributed by atoms with van der Waals surface area (Å²) in [7, 11) is 0. The van der Waals surface area contributed by atoms with Crippen LogP contribution in [0.3, 0.4) is 0 Å². The molecule has 1 N–H and O–H groups in total. The van der Waals surface area contributed by atoms with E-state index >= 15 is 0 Å². The van der Waals surface area contributed by atoms with Gasteiger partial charge in [0, 0.05) is 22.7 Å². The number of fused-ring (bicyclic) bond motifs is 1. The minimum Gasteiger partial charge on any atom is -0.466 e. The Morgan fingerprint density at radius 2 is 2.03 bits per heavy atom. The lowest BCUT2D eigenvalue weighted by Crippen LogP contribution is -2.59. The molecule has 1 saturated carbocycles. The largest absolute Gasteiger partial charge is 0.466 e. The summed E-state index contributed by atoms with van der Waals surface area (Å²) in [6.07, 6.45) is 8.26. The van der Waals surface area contributed by atoms with Crippen LogP contribution in [0.2, 0.25) is 0 Å². The molecular formula is C27H41BrN2O5S. The monoisotopic (exact) mass is 584 g/mol. The Hall–Kier alpha value is -1.06. The van der Waals surface area contributed by atoms with Crippen molar-refractivity contribution in [2.24, 2.45) is 17.8 Å². The molecule has 4 fully saturated rings. The molecule has 7 nitrogen and oxygen atoms in total. The molecule has 3 heterocycles. The number of hydrogen-bond donors (Lipinski definition) is 1. The molecule has 0 aromatic carbocycles. The topological polar surface area (TPSA) is 87.2 Å². The predicted octanol–water partition coefficient (Wildman–Crippen LogP) is 3.77. The summed E-state index contributed by atoms with van der Waals surface area (Å²) >= 11 is 5.42. The summed E-state index contributed by atoms with van der Waals surface area (Å²) in [5.41, 5.74) is 0. The van der Waals surface area contributed by atoms with E-state index in [0.29, 0.717) is 19.4 Å². The van der Waals surface area contributed by atoms with Gasteiger partial charge in [-0.25, -0.2) is 0 Å². The van der Waals surface area contributed by atoms with Crippen LogP contribution >= 0.6 is 27.7 Å². The fourth-order valence-electron chi connectivity index (χ4n) is 7.18. The van der Waals surface area contributed by atoms with Crippen molar-refractivity contribution in [3.8, 4) is 0 Å². The lowest BCUT2D eigenvalue weighted by Gasteiger charge is -2.43. The molecule has 4 rings (SSSR count). The molecule has 9 heteroatoms. The molecule has 0 aromatic heterocycles. The number of esters is 1. The third-order valence-corrected chi connectivity index (χ3v) is 11.7. The molecular weight excluding hydrogens is 544 g/mol. The maximum Gasteiger partial charge on any atom is 0.310 e. The van der Waals surface area contributed by atoms with Crippen LogP contribution in [-0.4, -0.2) is 85.4 Å². The van der Waals surface area contributed by atoms with Crippen LogP contribution in [0.5, 0.6) is 0 Å². The fourth-order valence-corrected chi connectivity index (χ4v) is 10.8. The van der Waals surface area contributed by atoms with Gasteiger partial charge >= 0.3 is 5.97 Å². The fraction of sp³-hybridized carbons (Fsp3) is 0.815. The standard InChI is InChI=1S/C27H41BrN2O5S/c1-5-12-29(17-10-8-7-9-11-17)25(33)23-27-14-19(28)22(36-27)20(26(34)35-6-2)21(27)24(32)30(23)18(15-31)13-16(3)4/h5,16-23,31H,1,6-15H2,2-4H3/t18-,19?,20-,21+,22-,23?,27?/m1/s1. The number of likely N-dealkylation sites (tertiary alicyclic amines) is 1. The number of alkyl halides is 1. The average Bonchev–Trinajstić information content (AvgIpc) is 3.44. The zero-order valence-corrected chi connectivity index (χ0v) is 24.1. The number of carbonyl (C=O) groups is 3. The quantitative estimate of drug-likeness (QED) is 0.239. The molecule has 2 bridgehead atoms. The molecule has 3 aliphatic heterocycles. The first-order valence-electron chi connectivity index (χ1n) is 13.5. The van der Waals surface area contributed by atoms with Gasteiger partial charge in [0.2, 0.25) is 11.8 Å². The molecule has 3 unspecified atom stereocenters. The summed E-state index contributed by atoms with van der Waals surface area (Å²) in [5, 5.41) is 10.3. The second-order valence-electron chi connectivity index (χ2n) is 11.2. The summed E-state index contributed by atoms with van der Waals surface area (Å²) in [5.74, 6) is -1.57. The lowest BCUT2D eigenvalue weighted by molar-refractivity contribution is -0.154. The van der Waals surface area contributed by atoms with Crippen LogP contribution < -0.4 is 0 Å². The van der Waals surface area contributed by atoms with Crippen molar-refractivity contribution in [2.45, 2.75) is 98.7 Å². The Bertz CT molecular complexity index is 865. The van der Waals surface area contributed by atoms with Gasteiger partial charge < -0.3 is 19.6 Å². The summed E-state index contributed by atoms with van der Waals surface area (Å²) in [6.45, 7) is 10.3. The second-order valence-corrected chi connectivity index (χ2v) is 13.9. The predicted molar refractivity (Wildman–Crippen MR) is 145 cm³/mol. The Balaban J connectivity index is 1.79. The van der Waals surface area contributed by atoms with Crippen molar-refractivity contribution < 1.29 is 24.2 Å². The number of ether oxygens (including phenoxy) is 1. The average molecular weight is 586 g/mol. The Labute approximate surface area is 227 Å². The number of halogens is 1. The highest BCUT2D eigenvalue weighted by Crippen LogP contribution is 2.68. The lowest BCUT2D eigenvalue weighted by atomic mass is 9.71. The van der Waals surface area contributed by atoms with E-state index in [-0.39, 0.29) is 53.0 Å². The number of aliphatic hydroxyl groups is 1. The van der Waals surface area contributed by atoms with E-state index in [1.54, 1.807) is 29.7 Å². The van der Waals surface area contributed by atoms with Crippen molar-refractivity contribution in [3.05, 3.63) is 12.7 Å². The van der Waals surface area contributed by atoms with E-state index in [2.05, 4.69) is 36.4 Å². The molecule has 0 aromatic rings. The number of rotatable bonds is 10. The highest BCUT2D eigenvalue weighted by atomic mass is 79.9. The van der Waals surface area contributed by atoms with Gasteiger partial charge in [-0.3, -0.25) is 14.4 Å². The molecule has 7 atom stereocenters. The van der Waals surface area contributed by atoms with Gasteiger partial charge in [0.25, 0.3) is 0 Å². The molecule has 3 saturated heterocycles. The van der Waals surface area contributed by atoms with Crippen molar-refractivity contribution in [2.75, 3.05) is 19.8 Å². The molecule has 2 amide bonds. The van der Waals surface area contributed by atoms with E-state index < -0.39 is 28.7 Å². The minimum atomic E-state index is -0.720. The van der Waals surface area contributed by atoms with Gasteiger partial charge in [0.15, 0.2) is 0 Å². The third kappa shape index (κ3) is 4.66. The number of nitrogens with zero attached hydrogens (tertiary/aromatic N) is 2. The maximum atomic E-state index is 14.6. The normalized spacial score (nSPS) is 34.7. The van der Waals surface area contributed by atoms with Gasteiger partial charge in [0.1, 0.15) is 6.04 Å². The van der Waals surface area contributed by atoms with E-state index in [0.717, 1.165) is 25.7 Å². The summed E-state index contributed by atoms with van der Waals surface area (Å²) in [6, 6.07) is -1.07. The van der Waals surface area contributed by atoms with Gasteiger partial charge in [-0.05, 0) is 38.5 Å². The number of aliphatic hydroxyl groups excluding tert-OH is 1. The number of carbonyl (C=O) groups excluding carboxylic acids is 3. The SMILES string of the molecule is C=CCN(C(=O)C1N([C@@H](CO)CC(C)C)C(=O)[C@@H]2[C@@H](C(=O)OCC)[C@@H]3SC12CC3Br)C1CCCCC1. The number of hydrogen-bond acceptors (Lipinski definition) is 6. The Kier molecular flexibility index (Phi) is 8.82. The van der Waals surface area contributed by atoms with Gasteiger partial charge in [0.05, 0.1) is 35.8 Å². The highest BCUT2D eigenvalue weighted by Gasteiger charge is 2.76. The molecule has 4 aliphatic rings. The molecule has 1 spiro atoms. The van der Waals surface area contributed by atoms with E-state index in [1.807, 2.05) is 4.90 Å². The van der Waals surface area contributed by atoms with Crippen LogP contribution in [-0.2, 0) is 19.1 Å². The summed E-state index contributed by atoms with van der Waals surface area (Å²) < 4.78 is 4.72. The first-order valence-corrected chi connectivity index (χ1v) is 15.3. The molecule has 1 aliphatic carbocycles. The number of amides is 2. The van der Waals surface area contributed by atoms with E-state index in [4.69, 9.17) is 4.74 Å². The summed E-state index contributed by atoms with van der Waals surface area (Å²) in [4.78, 5) is 45.6. The van der Waals surface area contributed by atoms with Gasteiger partial charge in [-0.2, -0.15) is 0 Å². The van der Waals surface area contributed by atoms with Crippen molar-refractivity contribution in [1.82, 2.24) is 9.80 Å².